The molecule has 0 aromatic heterocycles. The van der Waals surface area contributed by atoms with Crippen LogP contribution in [0, 0.1) is 0 Å². The Kier molecular flexibility index (Phi) is 4.52. The zero-order valence-electron chi connectivity index (χ0n) is 9.81. The average Bonchev–Trinajstić information content (AvgIpc) is 2.33. The standard InChI is InChI=1S/C14H12Cl3N/c1-18-8-10-6-9(2-5-13(10)16)12-4-3-11(15)7-14(12)17/h2-7,18H,8H2,1H3. The smallest absolute Gasteiger partial charge is 0.0499 e. The Morgan fingerprint density at radius 3 is 2.39 bits per heavy atom. The zero-order valence-corrected chi connectivity index (χ0v) is 12.1. The molecule has 0 aliphatic carbocycles. The molecule has 2 aromatic carbocycles. The summed E-state index contributed by atoms with van der Waals surface area (Å²) in [7, 11) is 1.89. The fourth-order valence-electron chi connectivity index (χ4n) is 1.79. The van der Waals surface area contributed by atoms with Gasteiger partial charge in [-0.15, -0.1) is 0 Å². The Balaban J connectivity index is 2.47. The highest BCUT2D eigenvalue weighted by Gasteiger charge is 2.07. The molecule has 0 saturated heterocycles. The normalized spacial score (nSPS) is 10.7. The molecule has 0 fully saturated rings. The molecule has 0 amide bonds. The third-order valence-corrected chi connectivity index (χ3v) is 3.57. The largest absolute Gasteiger partial charge is 0.316 e. The maximum atomic E-state index is 6.20. The second-order valence-electron chi connectivity index (χ2n) is 3.96. The van der Waals surface area contributed by atoms with Crippen LogP contribution in [0.3, 0.4) is 0 Å². The van der Waals surface area contributed by atoms with Crippen molar-refractivity contribution in [1.82, 2.24) is 5.32 Å². The number of hydrogen-bond donors (Lipinski definition) is 1. The molecule has 0 radical (unpaired) electrons. The van der Waals surface area contributed by atoms with Gasteiger partial charge in [0, 0.05) is 27.2 Å². The third kappa shape index (κ3) is 2.99. The van der Waals surface area contributed by atoms with E-state index >= 15 is 0 Å². The summed E-state index contributed by atoms with van der Waals surface area (Å²) in [4.78, 5) is 0. The molecule has 1 nitrogen and oxygen atoms in total. The van der Waals surface area contributed by atoms with Crippen molar-refractivity contribution in [2.75, 3.05) is 7.05 Å². The molecule has 94 valence electrons. The topological polar surface area (TPSA) is 12.0 Å². The molecule has 0 atom stereocenters. The van der Waals surface area contributed by atoms with Crippen LogP contribution < -0.4 is 5.32 Å². The van der Waals surface area contributed by atoms with Gasteiger partial charge in [0.15, 0.2) is 0 Å². The van der Waals surface area contributed by atoms with Crippen LogP contribution in [-0.4, -0.2) is 7.05 Å². The van der Waals surface area contributed by atoms with Crippen molar-refractivity contribution in [3.8, 4) is 11.1 Å². The van der Waals surface area contributed by atoms with E-state index in [1.165, 1.54) is 0 Å². The van der Waals surface area contributed by atoms with Crippen molar-refractivity contribution in [3.63, 3.8) is 0 Å². The Labute approximate surface area is 122 Å². The number of halogens is 3. The summed E-state index contributed by atoms with van der Waals surface area (Å²) in [6.07, 6.45) is 0. The molecular weight excluding hydrogens is 289 g/mol. The summed E-state index contributed by atoms with van der Waals surface area (Å²) < 4.78 is 0. The Bertz CT molecular complexity index is 567. The van der Waals surface area contributed by atoms with Gasteiger partial charge in [0.1, 0.15) is 0 Å². The molecule has 0 spiro atoms. The lowest BCUT2D eigenvalue weighted by Crippen LogP contribution is -2.05. The molecule has 0 aliphatic rings. The highest BCUT2D eigenvalue weighted by Crippen LogP contribution is 2.32. The van der Waals surface area contributed by atoms with E-state index in [2.05, 4.69) is 5.32 Å². The van der Waals surface area contributed by atoms with E-state index in [9.17, 15) is 0 Å². The van der Waals surface area contributed by atoms with Crippen molar-refractivity contribution in [2.24, 2.45) is 0 Å². The quantitative estimate of drug-likeness (QED) is 0.838. The van der Waals surface area contributed by atoms with Crippen LogP contribution in [0.2, 0.25) is 15.1 Å². The lowest BCUT2D eigenvalue weighted by atomic mass is 10.0. The first-order valence-corrected chi connectivity index (χ1v) is 6.63. The molecule has 0 bridgehead atoms. The van der Waals surface area contributed by atoms with Gasteiger partial charge in [-0.05, 0) is 42.4 Å². The zero-order chi connectivity index (χ0) is 13.1. The van der Waals surface area contributed by atoms with E-state index in [4.69, 9.17) is 34.8 Å². The molecule has 2 aromatic rings. The van der Waals surface area contributed by atoms with Gasteiger partial charge in [-0.1, -0.05) is 46.9 Å². The minimum atomic E-state index is 0.633. The van der Waals surface area contributed by atoms with Gasteiger partial charge in [0.2, 0.25) is 0 Å². The molecular formula is C14H12Cl3N. The Hall–Kier alpha value is -0.730. The summed E-state index contributed by atoms with van der Waals surface area (Å²) in [6, 6.07) is 11.4. The number of nitrogens with one attached hydrogen (secondary N) is 1. The summed E-state index contributed by atoms with van der Waals surface area (Å²) in [5, 5.41) is 5.11. The Morgan fingerprint density at radius 2 is 1.72 bits per heavy atom. The first kappa shape index (κ1) is 13.7. The molecule has 0 aliphatic heterocycles. The van der Waals surface area contributed by atoms with Gasteiger partial charge in [-0.25, -0.2) is 0 Å². The van der Waals surface area contributed by atoms with Crippen molar-refractivity contribution in [1.29, 1.82) is 0 Å². The predicted octanol–water partition coefficient (Wildman–Crippen LogP) is 5.03. The fraction of sp³-hybridized carbons (Fsp3) is 0.143. The van der Waals surface area contributed by atoms with Crippen molar-refractivity contribution >= 4 is 34.8 Å². The van der Waals surface area contributed by atoms with E-state index in [-0.39, 0.29) is 0 Å². The molecule has 0 saturated carbocycles. The van der Waals surface area contributed by atoms with Gasteiger partial charge >= 0.3 is 0 Å². The van der Waals surface area contributed by atoms with Crippen molar-refractivity contribution in [3.05, 3.63) is 57.0 Å². The van der Waals surface area contributed by atoms with Gasteiger partial charge in [-0.3, -0.25) is 0 Å². The van der Waals surface area contributed by atoms with Crippen LogP contribution in [0.4, 0.5) is 0 Å². The van der Waals surface area contributed by atoms with Gasteiger partial charge < -0.3 is 5.32 Å². The highest BCUT2D eigenvalue weighted by atomic mass is 35.5. The van der Waals surface area contributed by atoms with E-state index in [1.54, 1.807) is 6.07 Å². The van der Waals surface area contributed by atoms with Crippen LogP contribution in [0.1, 0.15) is 5.56 Å². The minimum absolute atomic E-state index is 0.633. The second kappa shape index (κ2) is 5.94. The van der Waals surface area contributed by atoms with Crippen LogP contribution in [-0.2, 0) is 6.54 Å². The highest BCUT2D eigenvalue weighted by molar-refractivity contribution is 6.36. The summed E-state index contributed by atoms with van der Waals surface area (Å²) in [6.45, 7) is 0.720. The van der Waals surface area contributed by atoms with Crippen molar-refractivity contribution < 1.29 is 0 Å². The van der Waals surface area contributed by atoms with Gasteiger partial charge in [-0.2, -0.15) is 0 Å². The lowest BCUT2D eigenvalue weighted by Gasteiger charge is -2.09. The summed E-state index contributed by atoms with van der Waals surface area (Å²) in [5.74, 6) is 0. The number of hydrogen-bond acceptors (Lipinski definition) is 1. The summed E-state index contributed by atoms with van der Waals surface area (Å²) >= 11 is 18.2. The SMILES string of the molecule is CNCc1cc(-c2ccc(Cl)cc2Cl)ccc1Cl. The van der Waals surface area contributed by atoms with Gasteiger partial charge in [0.05, 0.1) is 0 Å². The first-order chi connectivity index (χ1) is 8.61. The molecule has 1 N–H and O–H groups in total. The van der Waals surface area contributed by atoms with Gasteiger partial charge in [0.25, 0.3) is 0 Å². The lowest BCUT2D eigenvalue weighted by molar-refractivity contribution is 0.818. The van der Waals surface area contributed by atoms with Crippen LogP contribution in [0.25, 0.3) is 11.1 Å². The van der Waals surface area contributed by atoms with Crippen LogP contribution >= 0.6 is 34.8 Å². The van der Waals surface area contributed by atoms with Crippen LogP contribution in [0.5, 0.6) is 0 Å². The summed E-state index contributed by atoms with van der Waals surface area (Å²) in [5.41, 5.74) is 3.03. The Morgan fingerprint density at radius 1 is 0.944 bits per heavy atom. The minimum Gasteiger partial charge on any atom is -0.316 e. The van der Waals surface area contributed by atoms with Crippen LogP contribution in [0.15, 0.2) is 36.4 Å². The predicted molar refractivity (Wildman–Crippen MR) is 79.7 cm³/mol. The molecule has 2 rings (SSSR count). The average molecular weight is 301 g/mol. The number of benzene rings is 2. The first-order valence-electron chi connectivity index (χ1n) is 5.50. The number of rotatable bonds is 3. The monoisotopic (exact) mass is 299 g/mol. The second-order valence-corrected chi connectivity index (χ2v) is 5.21. The molecule has 0 unspecified atom stereocenters. The van der Waals surface area contributed by atoms with Crippen molar-refractivity contribution in [2.45, 2.75) is 6.54 Å². The molecule has 4 heteroatoms. The maximum Gasteiger partial charge on any atom is 0.0499 e. The maximum absolute atomic E-state index is 6.20. The van der Waals surface area contributed by atoms with E-state index in [0.717, 1.165) is 28.3 Å². The molecule has 18 heavy (non-hydrogen) atoms. The van der Waals surface area contributed by atoms with E-state index in [0.29, 0.717) is 10.0 Å². The van der Waals surface area contributed by atoms with E-state index < -0.39 is 0 Å². The fourth-order valence-corrected chi connectivity index (χ4v) is 2.49. The molecule has 0 heterocycles. The third-order valence-electron chi connectivity index (χ3n) is 2.66. The van der Waals surface area contributed by atoms with E-state index in [1.807, 2.05) is 37.4 Å².